The van der Waals surface area contributed by atoms with Crippen LogP contribution in [0.25, 0.3) is 11.1 Å². The van der Waals surface area contributed by atoms with Gasteiger partial charge in [-0.1, -0.05) is 48.5 Å². The van der Waals surface area contributed by atoms with Crippen molar-refractivity contribution < 1.29 is 9.59 Å². The van der Waals surface area contributed by atoms with Crippen LogP contribution in [-0.4, -0.2) is 23.3 Å². The average molecular weight is 391 g/mol. The summed E-state index contributed by atoms with van der Waals surface area (Å²) in [7, 11) is 0. The summed E-state index contributed by atoms with van der Waals surface area (Å²) in [6, 6.07) is 19.8. The number of hydrogen-bond acceptors (Lipinski definition) is 3. The first-order valence-electron chi connectivity index (χ1n) is 9.48. The standard InChI is InChI=1S/C23H22N2O2S/c26-22(10-11-23(27)25-14-12-21-18(16-25)13-15-28-21)24-20-9-5-4-8-19(20)17-6-2-1-3-7-17/h1-9,13,15H,10-12,14,16H2,(H,24,26). The summed E-state index contributed by atoms with van der Waals surface area (Å²) in [5, 5.41) is 5.05. The Morgan fingerprint density at radius 3 is 2.61 bits per heavy atom. The topological polar surface area (TPSA) is 49.4 Å². The Kier molecular flexibility index (Phi) is 5.53. The minimum Gasteiger partial charge on any atom is -0.338 e. The Balaban J connectivity index is 1.35. The Bertz CT molecular complexity index is 981. The summed E-state index contributed by atoms with van der Waals surface area (Å²) >= 11 is 1.76. The van der Waals surface area contributed by atoms with Gasteiger partial charge in [0.15, 0.2) is 0 Å². The van der Waals surface area contributed by atoms with Crippen LogP contribution in [0.4, 0.5) is 5.69 Å². The highest BCUT2D eigenvalue weighted by Crippen LogP contribution is 2.28. The van der Waals surface area contributed by atoms with Gasteiger partial charge in [-0.3, -0.25) is 9.59 Å². The van der Waals surface area contributed by atoms with Gasteiger partial charge in [-0.15, -0.1) is 11.3 Å². The molecule has 4 rings (SSSR count). The first-order valence-corrected chi connectivity index (χ1v) is 10.4. The molecule has 2 aromatic carbocycles. The Morgan fingerprint density at radius 2 is 1.75 bits per heavy atom. The number of amides is 2. The summed E-state index contributed by atoms with van der Waals surface area (Å²) in [6.07, 6.45) is 1.34. The van der Waals surface area contributed by atoms with Crippen molar-refractivity contribution in [2.45, 2.75) is 25.8 Å². The van der Waals surface area contributed by atoms with Crippen LogP contribution in [0.1, 0.15) is 23.3 Å². The van der Waals surface area contributed by atoms with Crippen LogP contribution in [0.2, 0.25) is 0 Å². The Hall–Kier alpha value is -2.92. The molecule has 0 atom stereocenters. The molecule has 0 bridgehead atoms. The van der Waals surface area contributed by atoms with E-state index in [1.807, 2.05) is 59.5 Å². The lowest BCUT2D eigenvalue weighted by molar-refractivity contribution is -0.133. The summed E-state index contributed by atoms with van der Waals surface area (Å²) in [4.78, 5) is 28.2. The van der Waals surface area contributed by atoms with E-state index in [1.54, 1.807) is 11.3 Å². The molecule has 0 aliphatic carbocycles. The number of anilines is 1. The summed E-state index contributed by atoms with van der Waals surface area (Å²) in [6.45, 7) is 1.40. The number of carbonyl (C=O) groups is 2. The lowest BCUT2D eigenvalue weighted by atomic mass is 10.0. The molecule has 1 aromatic heterocycles. The molecule has 28 heavy (non-hydrogen) atoms. The van der Waals surface area contributed by atoms with Gasteiger partial charge in [0.05, 0.1) is 0 Å². The number of para-hydroxylation sites is 1. The van der Waals surface area contributed by atoms with Crippen LogP contribution in [0.5, 0.6) is 0 Å². The molecule has 0 fully saturated rings. The average Bonchev–Trinajstić information content (AvgIpc) is 3.21. The number of carbonyl (C=O) groups excluding carboxylic acids is 2. The third-order valence-electron chi connectivity index (χ3n) is 5.01. The molecule has 3 aromatic rings. The van der Waals surface area contributed by atoms with E-state index in [4.69, 9.17) is 0 Å². The van der Waals surface area contributed by atoms with E-state index < -0.39 is 0 Å². The minimum absolute atomic E-state index is 0.0448. The van der Waals surface area contributed by atoms with Gasteiger partial charge in [0, 0.05) is 42.1 Å². The molecule has 1 aliphatic heterocycles. The van der Waals surface area contributed by atoms with E-state index in [0.717, 1.165) is 29.8 Å². The van der Waals surface area contributed by atoms with Gasteiger partial charge < -0.3 is 10.2 Å². The molecule has 2 amide bonds. The maximum atomic E-state index is 12.5. The zero-order valence-electron chi connectivity index (χ0n) is 15.6. The van der Waals surface area contributed by atoms with Crippen molar-refractivity contribution in [3.05, 3.63) is 76.5 Å². The number of benzene rings is 2. The van der Waals surface area contributed by atoms with Crippen LogP contribution in [0, 0.1) is 0 Å². The fourth-order valence-corrected chi connectivity index (χ4v) is 4.40. The maximum Gasteiger partial charge on any atom is 0.224 e. The molecule has 142 valence electrons. The van der Waals surface area contributed by atoms with Crippen LogP contribution < -0.4 is 5.32 Å². The second-order valence-corrected chi connectivity index (χ2v) is 7.89. The van der Waals surface area contributed by atoms with Crippen molar-refractivity contribution in [1.82, 2.24) is 4.90 Å². The number of nitrogens with one attached hydrogen (secondary N) is 1. The molecule has 0 spiro atoms. The van der Waals surface area contributed by atoms with Crippen molar-refractivity contribution >= 4 is 28.8 Å². The van der Waals surface area contributed by atoms with Crippen molar-refractivity contribution in [3.8, 4) is 11.1 Å². The van der Waals surface area contributed by atoms with E-state index >= 15 is 0 Å². The maximum absolute atomic E-state index is 12.5. The highest BCUT2D eigenvalue weighted by atomic mass is 32.1. The summed E-state index contributed by atoms with van der Waals surface area (Å²) < 4.78 is 0. The van der Waals surface area contributed by atoms with Crippen molar-refractivity contribution in [2.75, 3.05) is 11.9 Å². The van der Waals surface area contributed by atoms with Gasteiger partial charge in [0.25, 0.3) is 0 Å². The van der Waals surface area contributed by atoms with E-state index in [2.05, 4.69) is 16.8 Å². The van der Waals surface area contributed by atoms with Gasteiger partial charge in [-0.2, -0.15) is 0 Å². The molecular formula is C23H22N2O2S. The second kappa shape index (κ2) is 8.40. The molecule has 1 N–H and O–H groups in total. The van der Waals surface area contributed by atoms with Crippen LogP contribution in [0.15, 0.2) is 66.0 Å². The minimum atomic E-state index is -0.134. The molecule has 4 nitrogen and oxygen atoms in total. The highest BCUT2D eigenvalue weighted by molar-refractivity contribution is 7.10. The largest absolute Gasteiger partial charge is 0.338 e. The van der Waals surface area contributed by atoms with Gasteiger partial charge in [-0.25, -0.2) is 0 Å². The molecule has 0 saturated carbocycles. The molecule has 0 saturated heterocycles. The normalized spacial score (nSPS) is 13.1. The van der Waals surface area contributed by atoms with E-state index in [9.17, 15) is 9.59 Å². The van der Waals surface area contributed by atoms with Gasteiger partial charge in [0.1, 0.15) is 0 Å². The van der Waals surface area contributed by atoms with Crippen molar-refractivity contribution in [1.29, 1.82) is 0 Å². The van der Waals surface area contributed by atoms with E-state index in [0.29, 0.717) is 6.54 Å². The van der Waals surface area contributed by atoms with Crippen molar-refractivity contribution in [2.24, 2.45) is 0 Å². The highest BCUT2D eigenvalue weighted by Gasteiger charge is 2.21. The van der Waals surface area contributed by atoms with Gasteiger partial charge in [0.2, 0.25) is 11.8 Å². The number of hydrogen-bond donors (Lipinski definition) is 1. The third-order valence-corrected chi connectivity index (χ3v) is 6.04. The van der Waals surface area contributed by atoms with Crippen LogP contribution in [-0.2, 0) is 22.6 Å². The Morgan fingerprint density at radius 1 is 0.964 bits per heavy atom. The second-order valence-electron chi connectivity index (χ2n) is 6.89. The van der Waals surface area contributed by atoms with Crippen molar-refractivity contribution in [3.63, 3.8) is 0 Å². The molecule has 0 radical (unpaired) electrons. The third kappa shape index (κ3) is 4.15. The monoisotopic (exact) mass is 390 g/mol. The summed E-state index contributed by atoms with van der Waals surface area (Å²) in [5.41, 5.74) is 4.04. The Labute approximate surface area is 168 Å². The van der Waals surface area contributed by atoms with Gasteiger partial charge in [-0.05, 0) is 35.1 Å². The van der Waals surface area contributed by atoms with Crippen LogP contribution >= 0.6 is 11.3 Å². The van der Waals surface area contributed by atoms with Crippen LogP contribution in [0.3, 0.4) is 0 Å². The molecule has 2 heterocycles. The zero-order chi connectivity index (χ0) is 19.3. The fourth-order valence-electron chi connectivity index (χ4n) is 3.51. The molecule has 0 unspecified atom stereocenters. The molecular weight excluding hydrogens is 368 g/mol. The van der Waals surface area contributed by atoms with Gasteiger partial charge >= 0.3 is 0 Å². The number of thiophene rings is 1. The first-order chi connectivity index (χ1) is 13.7. The van der Waals surface area contributed by atoms with E-state index in [1.165, 1.54) is 10.4 Å². The zero-order valence-corrected chi connectivity index (χ0v) is 16.4. The lowest BCUT2D eigenvalue weighted by Crippen LogP contribution is -2.35. The lowest BCUT2D eigenvalue weighted by Gasteiger charge is -2.27. The predicted molar refractivity (Wildman–Crippen MR) is 113 cm³/mol. The number of nitrogens with zero attached hydrogens (tertiary/aromatic N) is 1. The van der Waals surface area contributed by atoms with E-state index in [-0.39, 0.29) is 24.7 Å². The number of rotatable bonds is 5. The fraction of sp³-hybridized carbons (Fsp3) is 0.217. The quantitative estimate of drug-likeness (QED) is 0.685. The first kappa shape index (κ1) is 18.4. The summed E-state index contributed by atoms with van der Waals surface area (Å²) in [5.74, 6) is -0.0895. The molecule has 5 heteroatoms. The smallest absolute Gasteiger partial charge is 0.224 e. The molecule has 1 aliphatic rings. The SMILES string of the molecule is O=C(CCC(=O)N1CCc2sccc2C1)Nc1ccccc1-c1ccccc1. The predicted octanol–water partition coefficient (Wildman–Crippen LogP) is 4.72. The number of fused-ring (bicyclic) bond motifs is 1.